The fourth-order valence-corrected chi connectivity index (χ4v) is 1.75. The molecule has 0 aliphatic carbocycles. The Kier molecular flexibility index (Phi) is 2.91. The molecule has 0 saturated heterocycles. The molecule has 1 aromatic rings. The lowest BCUT2D eigenvalue weighted by atomic mass is 10.2. The molecule has 0 unspecified atom stereocenters. The molecular weight excluding hydrogens is 224 g/mol. The molecule has 1 aromatic carbocycles. The molecule has 0 aliphatic rings. The Bertz CT molecular complexity index is 496. The van der Waals surface area contributed by atoms with E-state index in [1.165, 1.54) is 0 Å². The van der Waals surface area contributed by atoms with Gasteiger partial charge in [0, 0.05) is 11.6 Å². The zero-order chi connectivity index (χ0) is 11.6. The molecule has 0 aliphatic heterocycles. The molecule has 0 amide bonds. The number of benzene rings is 1. The molecule has 3 N–H and O–H groups in total. The lowest BCUT2D eigenvalue weighted by Crippen LogP contribution is -2.15. The van der Waals surface area contributed by atoms with Gasteiger partial charge in [-0.2, -0.15) is 0 Å². The van der Waals surface area contributed by atoms with Crippen molar-refractivity contribution >= 4 is 15.7 Å². The minimum atomic E-state index is -3.87. The molecule has 7 nitrogen and oxygen atoms in total. The first kappa shape index (κ1) is 11.4. The first-order valence-electron chi connectivity index (χ1n) is 3.76. The maximum atomic E-state index is 10.8. The predicted octanol–water partition coefficient (Wildman–Crippen LogP) is 0.0889. The third-order valence-electron chi connectivity index (χ3n) is 1.62. The van der Waals surface area contributed by atoms with Crippen molar-refractivity contribution in [3.05, 3.63) is 33.9 Å². The van der Waals surface area contributed by atoms with Gasteiger partial charge in [0.05, 0.1) is 10.7 Å². The van der Waals surface area contributed by atoms with E-state index in [0.717, 1.165) is 18.2 Å². The van der Waals surface area contributed by atoms with Crippen LogP contribution in [0, 0.1) is 10.1 Å². The van der Waals surface area contributed by atoms with Crippen molar-refractivity contribution in [1.82, 2.24) is 0 Å². The second-order valence-electron chi connectivity index (χ2n) is 2.88. The highest BCUT2D eigenvalue weighted by Gasteiger charge is 2.18. The van der Waals surface area contributed by atoms with Crippen LogP contribution in [-0.4, -0.2) is 18.4 Å². The van der Waals surface area contributed by atoms with Crippen LogP contribution in [-0.2, 0) is 15.8 Å². The van der Waals surface area contributed by atoms with E-state index in [2.05, 4.69) is 0 Å². The lowest BCUT2D eigenvalue weighted by Gasteiger charge is -2.01. The highest BCUT2D eigenvalue weighted by molar-refractivity contribution is 7.88. The number of rotatable bonds is 3. The van der Waals surface area contributed by atoms with E-state index in [1.807, 2.05) is 0 Å². The van der Waals surface area contributed by atoms with Crippen molar-refractivity contribution in [3.8, 4) is 5.75 Å². The molecule has 0 atom stereocenters. The predicted molar refractivity (Wildman–Crippen MR) is 51.6 cm³/mol. The van der Waals surface area contributed by atoms with Crippen molar-refractivity contribution in [2.75, 3.05) is 0 Å². The Morgan fingerprint density at radius 3 is 2.53 bits per heavy atom. The number of phenolic OH excluding ortho intramolecular Hbond substituents is 1. The van der Waals surface area contributed by atoms with Gasteiger partial charge in [-0.05, 0) is 12.1 Å². The molecule has 0 heterocycles. The molecule has 0 saturated carbocycles. The maximum absolute atomic E-state index is 10.8. The Balaban J connectivity index is 3.25. The van der Waals surface area contributed by atoms with Gasteiger partial charge in [0.1, 0.15) is 5.75 Å². The SMILES string of the molecule is NS(=O)(=O)Cc1cc(O)ccc1[N+](=O)[O-]. The zero-order valence-electron chi connectivity index (χ0n) is 7.45. The summed E-state index contributed by atoms with van der Waals surface area (Å²) < 4.78 is 21.5. The molecule has 82 valence electrons. The number of phenols is 1. The van der Waals surface area contributed by atoms with Crippen LogP contribution >= 0.6 is 0 Å². The van der Waals surface area contributed by atoms with Gasteiger partial charge in [0.2, 0.25) is 10.0 Å². The smallest absolute Gasteiger partial charge is 0.273 e. The normalized spacial score (nSPS) is 11.3. The average Bonchev–Trinajstić information content (AvgIpc) is 1.99. The second kappa shape index (κ2) is 3.83. The van der Waals surface area contributed by atoms with Crippen LogP contribution in [0.1, 0.15) is 5.56 Å². The summed E-state index contributed by atoms with van der Waals surface area (Å²) in [5.74, 6) is -0.934. The van der Waals surface area contributed by atoms with Crippen LogP contribution in [0.25, 0.3) is 0 Å². The van der Waals surface area contributed by atoms with E-state index < -0.39 is 20.7 Å². The molecule has 15 heavy (non-hydrogen) atoms. The van der Waals surface area contributed by atoms with Crippen molar-refractivity contribution in [3.63, 3.8) is 0 Å². The van der Waals surface area contributed by atoms with E-state index in [1.54, 1.807) is 0 Å². The van der Waals surface area contributed by atoms with Gasteiger partial charge in [-0.1, -0.05) is 0 Å². The summed E-state index contributed by atoms with van der Waals surface area (Å²) >= 11 is 0. The summed E-state index contributed by atoms with van der Waals surface area (Å²) in [6.07, 6.45) is 0. The van der Waals surface area contributed by atoms with Gasteiger partial charge in [0.15, 0.2) is 0 Å². The number of hydrogen-bond donors (Lipinski definition) is 2. The molecule has 0 radical (unpaired) electrons. The first-order chi connectivity index (χ1) is 6.79. The van der Waals surface area contributed by atoms with E-state index in [4.69, 9.17) is 10.2 Å². The minimum Gasteiger partial charge on any atom is -0.508 e. The number of hydrogen-bond acceptors (Lipinski definition) is 5. The van der Waals surface area contributed by atoms with Crippen LogP contribution in [0.5, 0.6) is 5.75 Å². The summed E-state index contributed by atoms with van der Waals surface area (Å²) in [6.45, 7) is 0. The Hall–Kier alpha value is -1.67. The number of nitrogens with two attached hydrogens (primary N) is 1. The first-order valence-corrected chi connectivity index (χ1v) is 5.48. The van der Waals surface area contributed by atoms with E-state index in [9.17, 15) is 18.5 Å². The third-order valence-corrected chi connectivity index (χ3v) is 2.33. The quantitative estimate of drug-likeness (QED) is 0.564. The van der Waals surface area contributed by atoms with Crippen LogP contribution in [0.3, 0.4) is 0 Å². The van der Waals surface area contributed by atoms with Gasteiger partial charge < -0.3 is 5.11 Å². The standard InChI is InChI=1S/C7H8N2O5S/c8-15(13,14)4-5-3-6(10)1-2-7(5)9(11)12/h1-3,10H,4H2,(H2,8,13,14). The van der Waals surface area contributed by atoms with Gasteiger partial charge in [-0.3, -0.25) is 10.1 Å². The molecule has 0 spiro atoms. The van der Waals surface area contributed by atoms with Crippen molar-refractivity contribution < 1.29 is 18.4 Å². The van der Waals surface area contributed by atoms with Crippen LogP contribution in [0.15, 0.2) is 18.2 Å². The third kappa shape index (κ3) is 3.18. The fourth-order valence-electron chi connectivity index (χ4n) is 1.08. The monoisotopic (exact) mass is 232 g/mol. The average molecular weight is 232 g/mol. The van der Waals surface area contributed by atoms with Crippen molar-refractivity contribution in [1.29, 1.82) is 0 Å². The summed E-state index contributed by atoms with van der Waals surface area (Å²) in [4.78, 5) is 9.77. The Morgan fingerprint density at radius 1 is 1.47 bits per heavy atom. The van der Waals surface area contributed by atoms with E-state index in [-0.39, 0.29) is 17.0 Å². The number of nitro benzene ring substituents is 1. The number of sulfonamides is 1. The molecular formula is C7H8N2O5S. The topological polar surface area (TPSA) is 124 Å². The maximum Gasteiger partial charge on any atom is 0.273 e. The molecule has 0 bridgehead atoms. The molecule has 0 fully saturated rings. The van der Waals surface area contributed by atoms with Crippen molar-refractivity contribution in [2.24, 2.45) is 5.14 Å². The highest BCUT2D eigenvalue weighted by Crippen LogP contribution is 2.24. The molecule has 0 aromatic heterocycles. The van der Waals surface area contributed by atoms with Crippen molar-refractivity contribution in [2.45, 2.75) is 5.75 Å². The largest absolute Gasteiger partial charge is 0.508 e. The van der Waals surface area contributed by atoms with Gasteiger partial charge in [-0.15, -0.1) is 0 Å². The summed E-state index contributed by atoms with van der Waals surface area (Å²) in [7, 11) is -3.87. The Labute approximate surface area is 85.3 Å². The lowest BCUT2D eigenvalue weighted by molar-refractivity contribution is -0.385. The molecule has 8 heteroatoms. The van der Waals surface area contributed by atoms with E-state index >= 15 is 0 Å². The number of aromatic hydroxyl groups is 1. The zero-order valence-corrected chi connectivity index (χ0v) is 8.27. The second-order valence-corrected chi connectivity index (χ2v) is 4.49. The summed E-state index contributed by atoms with van der Waals surface area (Å²) in [5.41, 5.74) is -0.524. The fraction of sp³-hybridized carbons (Fsp3) is 0.143. The number of nitro groups is 1. The summed E-state index contributed by atoms with van der Waals surface area (Å²) in [5, 5.41) is 24.3. The van der Waals surface area contributed by atoms with Gasteiger partial charge >= 0.3 is 0 Å². The highest BCUT2D eigenvalue weighted by atomic mass is 32.2. The van der Waals surface area contributed by atoms with Gasteiger partial charge in [-0.25, -0.2) is 13.6 Å². The van der Waals surface area contributed by atoms with Crippen LogP contribution in [0.2, 0.25) is 0 Å². The summed E-state index contributed by atoms with van der Waals surface area (Å²) in [6, 6.07) is 3.13. The van der Waals surface area contributed by atoms with E-state index in [0.29, 0.717) is 0 Å². The Morgan fingerprint density at radius 2 is 2.07 bits per heavy atom. The molecule has 1 rings (SSSR count). The number of nitrogens with zero attached hydrogens (tertiary/aromatic N) is 1. The van der Waals surface area contributed by atoms with Crippen LogP contribution < -0.4 is 5.14 Å². The van der Waals surface area contributed by atoms with Crippen LogP contribution in [0.4, 0.5) is 5.69 Å². The number of primary sulfonamides is 1. The minimum absolute atomic E-state index is 0.137. The van der Waals surface area contributed by atoms with Gasteiger partial charge in [0.25, 0.3) is 5.69 Å².